The van der Waals surface area contributed by atoms with Crippen LogP contribution >= 0.6 is 0 Å². The number of halogens is 8. The van der Waals surface area contributed by atoms with Crippen LogP contribution in [0.1, 0.15) is 0 Å². The van der Waals surface area contributed by atoms with E-state index in [1.54, 1.807) is 0 Å². The maximum absolute atomic E-state index is 12.2. The molecule has 1 aliphatic rings. The first-order chi connectivity index (χ1) is 6.03. The summed E-state index contributed by atoms with van der Waals surface area (Å²) in [6.07, 6.45) is -5.83. The molecule has 0 heterocycles. The zero-order valence-electron chi connectivity index (χ0n) is 6.18. The molecular weight excluding hydrogens is 224 g/mol. The largest absolute Gasteiger partial charge is 0.350 e. The van der Waals surface area contributed by atoms with Crippen molar-refractivity contribution < 1.29 is 35.1 Å². The lowest BCUT2D eigenvalue weighted by Gasteiger charge is -2.34. The van der Waals surface area contributed by atoms with Gasteiger partial charge in [0, 0.05) is 6.08 Å². The first-order valence-electron chi connectivity index (χ1n) is 3.20. The molecule has 0 fully saturated rings. The molecule has 1 atom stereocenters. The van der Waals surface area contributed by atoms with Crippen LogP contribution in [0.3, 0.4) is 0 Å². The fourth-order valence-electron chi connectivity index (χ4n) is 0.869. The highest BCUT2D eigenvalue weighted by Gasteiger charge is 2.73. The minimum atomic E-state index is -5.62. The first kappa shape index (κ1) is 11.3. The van der Waals surface area contributed by atoms with Gasteiger partial charge in [-0.3, -0.25) is 0 Å². The topological polar surface area (TPSA) is 0 Å². The molecule has 1 aliphatic carbocycles. The SMILES string of the molecule is FC1=CC(F)(F)C(F)(F)C(F)C1(F)F. The standard InChI is InChI=1S/C6H2F8/c7-2-1-4(9,10)6(13,14)3(8)5(2,11)12/h1,3H. The third-order valence-electron chi connectivity index (χ3n) is 1.71. The molecular formula is C6H2F8. The van der Waals surface area contributed by atoms with Gasteiger partial charge in [-0.2, -0.15) is 26.3 Å². The summed E-state index contributed by atoms with van der Waals surface area (Å²) in [6.45, 7) is 0. The predicted octanol–water partition coefficient (Wildman–Crippen LogP) is 3.10. The summed E-state index contributed by atoms with van der Waals surface area (Å²) in [5, 5.41) is 0. The van der Waals surface area contributed by atoms with Gasteiger partial charge in [0.25, 0.3) is 0 Å². The van der Waals surface area contributed by atoms with E-state index < -0.39 is 35.8 Å². The molecule has 14 heavy (non-hydrogen) atoms. The maximum Gasteiger partial charge on any atom is 0.350 e. The van der Waals surface area contributed by atoms with Gasteiger partial charge >= 0.3 is 17.8 Å². The molecule has 0 amide bonds. The van der Waals surface area contributed by atoms with E-state index in [1.807, 2.05) is 0 Å². The van der Waals surface area contributed by atoms with Crippen LogP contribution in [-0.4, -0.2) is 23.9 Å². The van der Waals surface area contributed by atoms with Gasteiger partial charge in [-0.25, -0.2) is 8.78 Å². The van der Waals surface area contributed by atoms with Gasteiger partial charge in [0.1, 0.15) is 0 Å². The van der Waals surface area contributed by atoms with Gasteiger partial charge in [-0.1, -0.05) is 0 Å². The number of rotatable bonds is 0. The molecule has 0 spiro atoms. The summed E-state index contributed by atoms with van der Waals surface area (Å²) in [5.74, 6) is -19.0. The average molecular weight is 226 g/mol. The minimum Gasteiger partial charge on any atom is -0.233 e. The normalized spacial score (nSPS) is 33.7. The van der Waals surface area contributed by atoms with E-state index in [2.05, 4.69) is 0 Å². The van der Waals surface area contributed by atoms with Crippen LogP contribution in [-0.2, 0) is 0 Å². The maximum atomic E-state index is 12.2. The molecule has 0 aliphatic heterocycles. The molecule has 0 nitrogen and oxygen atoms in total. The van der Waals surface area contributed by atoms with Crippen LogP contribution in [0.4, 0.5) is 35.1 Å². The molecule has 1 rings (SSSR count). The van der Waals surface area contributed by atoms with Crippen molar-refractivity contribution in [3.05, 3.63) is 11.9 Å². The van der Waals surface area contributed by atoms with E-state index in [1.165, 1.54) is 0 Å². The van der Waals surface area contributed by atoms with Crippen molar-refractivity contribution in [3.8, 4) is 0 Å². The predicted molar refractivity (Wildman–Crippen MR) is 28.9 cm³/mol. The summed E-state index contributed by atoms with van der Waals surface area (Å²) < 4.78 is 97.6. The van der Waals surface area contributed by atoms with Gasteiger partial charge in [0.05, 0.1) is 0 Å². The van der Waals surface area contributed by atoms with Crippen molar-refractivity contribution in [3.63, 3.8) is 0 Å². The Hall–Kier alpha value is -0.820. The zero-order chi connectivity index (χ0) is 11.4. The van der Waals surface area contributed by atoms with Crippen LogP contribution in [0.2, 0.25) is 0 Å². The van der Waals surface area contributed by atoms with Gasteiger partial charge < -0.3 is 0 Å². The van der Waals surface area contributed by atoms with Gasteiger partial charge in [0.15, 0.2) is 5.83 Å². The first-order valence-corrected chi connectivity index (χ1v) is 3.20. The van der Waals surface area contributed by atoms with Crippen LogP contribution in [0, 0.1) is 0 Å². The lowest BCUT2D eigenvalue weighted by atomic mass is 9.93. The van der Waals surface area contributed by atoms with Crippen molar-refractivity contribution in [1.29, 1.82) is 0 Å². The number of alkyl halides is 7. The summed E-state index contributed by atoms with van der Waals surface area (Å²) in [5.41, 5.74) is 0. The Morgan fingerprint density at radius 2 is 1.43 bits per heavy atom. The highest BCUT2D eigenvalue weighted by Crippen LogP contribution is 2.51. The Morgan fingerprint density at radius 1 is 1.00 bits per heavy atom. The van der Waals surface area contributed by atoms with Crippen molar-refractivity contribution in [2.45, 2.75) is 23.9 Å². The van der Waals surface area contributed by atoms with E-state index in [4.69, 9.17) is 0 Å². The van der Waals surface area contributed by atoms with Crippen LogP contribution in [0.5, 0.6) is 0 Å². The molecule has 8 heteroatoms. The number of hydrogen-bond donors (Lipinski definition) is 0. The third kappa shape index (κ3) is 1.19. The number of hydrogen-bond acceptors (Lipinski definition) is 0. The quantitative estimate of drug-likeness (QED) is 0.556. The molecule has 0 N–H and O–H groups in total. The lowest BCUT2D eigenvalue weighted by Crippen LogP contribution is -2.57. The van der Waals surface area contributed by atoms with Gasteiger partial charge in [-0.05, 0) is 0 Å². The van der Waals surface area contributed by atoms with E-state index >= 15 is 0 Å². The summed E-state index contributed by atoms with van der Waals surface area (Å²) in [4.78, 5) is 0. The average Bonchev–Trinajstić information content (AvgIpc) is 1.99. The summed E-state index contributed by atoms with van der Waals surface area (Å²) >= 11 is 0. The highest BCUT2D eigenvalue weighted by atomic mass is 19.3. The van der Waals surface area contributed by atoms with Crippen molar-refractivity contribution >= 4 is 0 Å². The van der Waals surface area contributed by atoms with Crippen LogP contribution in [0.25, 0.3) is 0 Å². The molecule has 0 bridgehead atoms. The summed E-state index contributed by atoms with van der Waals surface area (Å²) in [6, 6.07) is 0. The van der Waals surface area contributed by atoms with E-state index in [-0.39, 0.29) is 0 Å². The highest BCUT2D eigenvalue weighted by molar-refractivity contribution is 5.24. The zero-order valence-corrected chi connectivity index (χ0v) is 6.18. The lowest BCUT2D eigenvalue weighted by molar-refractivity contribution is -0.267. The fraction of sp³-hybridized carbons (Fsp3) is 0.667. The Balaban J connectivity index is 3.31. The second-order valence-corrected chi connectivity index (χ2v) is 2.72. The van der Waals surface area contributed by atoms with E-state index in [0.29, 0.717) is 0 Å². The molecule has 0 radical (unpaired) electrons. The van der Waals surface area contributed by atoms with Gasteiger partial charge in [-0.15, -0.1) is 0 Å². The molecule has 0 saturated carbocycles. The Morgan fingerprint density at radius 3 is 1.86 bits per heavy atom. The fourth-order valence-corrected chi connectivity index (χ4v) is 0.869. The molecule has 1 unspecified atom stereocenters. The van der Waals surface area contributed by atoms with E-state index in [9.17, 15) is 35.1 Å². The minimum absolute atomic E-state index is 1.26. The second-order valence-electron chi connectivity index (χ2n) is 2.72. The molecule has 82 valence electrons. The van der Waals surface area contributed by atoms with Crippen molar-refractivity contribution in [2.24, 2.45) is 0 Å². The smallest absolute Gasteiger partial charge is 0.233 e. The van der Waals surface area contributed by atoms with Crippen LogP contribution < -0.4 is 0 Å². The Bertz CT molecular complexity index is 278. The molecule has 0 saturated heterocycles. The molecule has 0 aromatic heterocycles. The molecule has 0 aromatic rings. The third-order valence-corrected chi connectivity index (χ3v) is 1.71. The van der Waals surface area contributed by atoms with E-state index in [0.717, 1.165) is 0 Å². The Labute approximate surface area is 72.2 Å². The van der Waals surface area contributed by atoms with Crippen LogP contribution in [0.15, 0.2) is 11.9 Å². The summed E-state index contributed by atoms with van der Waals surface area (Å²) in [7, 11) is 0. The second kappa shape index (κ2) is 2.60. The molecule has 0 aromatic carbocycles. The van der Waals surface area contributed by atoms with Crippen molar-refractivity contribution in [2.75, 3.05) is 0 Å². The number of allylic oxidation sites excluding steroid dienone is 2. The van der Waals surface area contributed by atoms with Crippen molar-refractivity contribution in [1.82, 2.24) is 0 Å². The Kier molecular flexibility index (Phi) is 2.09. The monoisotopic (exact) mass is 226 g/mol. The van der Waals surface area contributed by atoms with Gasteiger partial charge in [0.2, 0.25) is 6.17 Å².